The molecule has 296 valence electrons. The van der Waals surface area contributed by atoms with Gasteiger partial charge in [-0.3, -0.25) is 9.28 Å². The van der Waals surface area contributed by atoms with Crippen LogP contribution in [0.4, 0.5) is 34.1 Å². The van der Waals surface area contributed by atoms with Crippen LogP contribution in [0.15, 0.2) is 136 Å². The van der Waals surface area contributed by atoms with E-state index >= 15 is 0 Å². The first-order valence-electron chi connectivity index (χ1n) is 19.6. The van der Waals surface area contributed by atoms with Crippen molar-refractivity contribution in [2.45, 2.75) is 48.2 Å². The number of quaternary nitrogens is 2. The van der Waals surface area contributed by atoms with Gasteiger partial charge in [0.05, 0.1) is 44.2 Å². The number of benzene rings is 6. The highest BCUT2D eigenvalue weighted by Crippen LogP contribution is 2.42. The average Bonchev–Trinajstić information content (AvgIpc) is 3.93. The van der Waals surface area contributed by atoms with E-state index in [1.165, 1.54) is 5.69 Å². The minimum atomic E-state index is -0.194. The topological polar surface area (TPSA) is 98.8 Å². The first-order valence-corrected chi connectivity index (χ1v) is 19.6. The number of rotatable bonds is 12. The Kier molecular flexibility index (Phi) is 12.2. The van der Waals surface area contributed by atoms with Gasteiger partial charge < -0.3 is 10.4 Å². The van der Waals surface area contributed by atoms with Gasteiger partial charge in [-0.15, -0.1) is 5.11 Å². The summed E-state index contributed by atoms with van der Waals surface area (Å²) in [6.45, 7) is 14.0. The molecule has 0 bridgehead atoms. The summed E-state index contributed by atoms with van der Waals surface area (Å²) in [6.07, 6.45) is 4.79. The Bertz CT molecular complexity index is 2540. The van der Waals surface area contributed by atoms with E-state index in [9.17, 15) is 9.90 Å². The van der Waals surface area contributed by atoms with Crippen LogP contribution in [0.5, 0.6) is 5.75 Å². The lowest BCUT2D eigenvalue weighted by Crippen LogP contribution is -2.51. The number of carbonyl (C=O) groups is 1. The van der Waals surface area contributed by atoms with E-state index < -0.39 is 0 Å². The molecule has 0 spiro atoms. The second-order valence-electron chi connectivity index (χ2n) is 15.5. The van der Waals surface area contributed by atoms with Crippen molar-refractivity contribution in [3.8, 4) is 5.75 Å². The maximum Gasteiger partial charge on any atom is 0.271 e. The Balaban J connectivity index is 0.00000567. The molecule has 1 heterocycles. The van der Waals surface area contributed by atoms with Crippen LogP contribution in [0.3, 0.4) is 0 Å². The van der Waals surface area contributed by atoms with E-state index in [0.717, 1.165) is 73.2 Å². The molecule has 1 aliphatic heterocycles. The van der Waals surface area contributed by atoms with Crippen molar-refractivity contribution in [1.29, 1.82) is 0 Å². The van der Waals surface area contributed by atoms with Crippen LogP contribution in [0.2, 0.25) is 0 Å². The summed E-state index contributed by atoms with van der Waals surface area (Å²) in [6, 6.07) is 37.1. The third kappa shape index (κ3) is 8.66. The molecule has 9 heteroatoms. The number of likely N-dealkylation sites (N-methyl/N-ethyl adjacent to an activating group) is 2. The van der Waals surface area contributed by atoms with Gasteiger partial charge in [-0.1, -0.05) is 49.9 Å². The second kappa shape index (κ2) is 17.1. The van der Waals surface area contributed by atoms with Crippen molar-refractivity contribution >= 4 is 63.0 Å². The SMILES string of the molecule is C.CC[N+](C)(CC)C1C[N+]1(C)c1ccc(N=Nc2ccc(C=Cc3ccc(N=Nc4c(C)cc5cc(NC(=O)c6ccccc6)ccc5c4O)c(C)c3)c(C)c2)cc1. The monoisotopic (exact) mass is 773 g/mol. The number of aryl methyl sites for hydroxylation is 3. The quantitative estimate of drug-likeness (QED) is 0.0560. The highest BCUT2D eigenvalue weighted by molar-refractivity contribution is 6.06. The van der Waals surface area contributed by atoms with Gasteiger partial charge in [0.1, 0.15) is 11.4 Å². The van der Waals surface area contributed by atoms with Gasteiger partial charge in [0, 0.05) is 28.8 Å². The summed E-state index contributed by atoms with van der Waals surface area (Å²) in [4.78, 5) is 12.7. The predicted molar refractivity (Wildman–Crippen MR) is 241 cm³/mol. The Morgan fingerprint density at radius 2 is 1.48 bits per heavy atom. The fourth-order valence-electron chi connectivity index (χ4n) is 7.61. The zero-order valence-electron chi connectivity index (χ0n) is 33.9. The second-order valence-corrected chi connectivity index (χ2v) is 15.5. The van der Waals surface area contributed by atoms with Crippen molar-refractivity contribution < 1.29 is 14.4 Å². The largest absolute Gasteiger partial charge is 0.505 e. The molecule has 0 aromatic heterocycles. The van der Waals surface area contributed by atoms with Crippen molar-refractivity contribution in [3.05, 3.63) is 149 Å². The number of phenolic OH excluding ortho intramolecular Hbond substituents is 1. The van der Waals surface area contributed by atoms with Crippen LogP contribution < -0.4 is 9.80 Å². The molecule has 2 unspecified atom stereocenters. The van der Waals surface area contributed by atoms with Gasteiger partial charge in [0.15, 0.2) is 12.3 Å². The number of anilines is 1. The molecule has 58 heavy (non-hydrogen) atoms. The van der Waals surface area contributed by atoms with Gasteiger partial charge >= 0.3 is 0 Å². The Hall–Kier alpha value is -6.29. The van der Waals surface area contributed by atoms with Crippen molar-refractivity contribution in [2.24, 2.45) is 20.5 Å². The molecule has 0 radical (unpaired) electrons. The van der Waals surface area contributed by atoms with Gasteiger partial charge in [-0.2, -0.15) is 15.3 Å². The predicted octanol–water partition coefficient (Wildman–Crippen LogP) is 13.1. The van der Waals surface area contributed by atoms with E-state index in [1.54, 1.807) is 24.3 Å². The van der Waals surface area contributed by atoms with E-state index in [0.29, 0.717) is 34.2 Å². The molecule has 1 aliphatic rings. The molecule has 2 atom stereocenters. The summed E-state index contributed by atoms with van der Waals surface area (Å²) >= 11 is 0. The molecule has 9 nitrogen and oxygen atoms in total. The van der Waals surface area contributed by atoms with E-state index in [4.69, 9.17) is 0 Å². The summed E-state index contributed by atoms with van der Waals surface area (Å²) in [5.74, 6) is -0.147. The number of fused-ring (bicyclic) bond motifs is 1. The highest BCUT2D eigenvalue weighted by Gasteiger charge is 2.63. The zero-order valence-corrected chi connectivity index (χ0v) is 33.9. The van der Waals surface area contributed by atoms with Gasteiger partial charge in [0.2, 0.25) is 0 Å². The summed E-state index contributed by atoms with van der Waals surface area (Å²) < 4.78 is 2.06. The summed E-state index contributed by atoms with van der Waals surface area (Å²) in [7, 11) is 4.70. The van der Waals surface area contributed by atoms with Crippen LogP contribution in [-0.4, -0.2) is 55.4 Å². The van der Waals surface area contributed by atoms with Crippen LogP contribution >= 0.6 is 0 Å². The van der Waals surface area contributed by atoms with E-state index in [-0.39, 0.29) is 19.1 Å². The van der Waals surface area contributed by atoms with E-state index in [1.807, 2.05) is 62.4 Å². The fraction of sp³-hybridized carbons (Fsp3) is 0.245. The third-order valence-corrected chi connectivity index (χ3v) is 11.7. The maximum absolute atomic E-state index is 12.7. The Labute approximate surface area is 342 Å². The molecular formula is C49H55N7O2+2. The first kappa shape index (κ1) is 41.3. The van der Waals surface area contributed by atoms with Gasteiger partial charge in [0.25, 0.3) is 12.1 Å². The Morgan fingerprint density at radius 3 is 2.17 bits per heavy atom. The highest BCUT2D eigenvalue weighted by atomic mass is 16.3. The maximum atomic E-state index is 12.7. The minimum absolute atomic E-state index is 0. The van der Waals surface area contributed by atoms with Gasteiger partial charge in [-0.05, 0) is 141 Å². The molecule has 7 rings (SSSR count). The fourth-order valence-corrected chi connectivity index (χ4v) is 7.61. The number of nitrogens with one attached hydrogen (secondary N) is 1. The lowest BCUT2D eigenvalue weighted by Gasteiger charge is -2.31. The number of aromatic hydroxyl groups is 1. The molecule has 6 aromatic carbocycles. The van der Waals surface area contributed by atoms with E-state index in [2.05, 4.69) is 115 Å². The van der Waals surface area contributed by atoms with Crippen molar-refractivity contribution in [3.63, 3.8) is 0 Å². The number of hydrogen-bond acceptors (Lipinski definition) is 6. The molecule has 0 aliphatic carbocycles. The average molecular weight is 774 g/mol. The van der Waals surface area contributed by atoms with Crippen LogP contribution in [0.25, 0.3) is 22.9 Å². The molecule has 1 fully saturated rings. The lowest BCUT2D eigenvalue weighted by atomic mass is 10.0. The minimum Gasteiger partial charge on any atom is -0.505 e. The lowest BCUT2D eigenvalue weighted by molar-refractivity contribution is -0.920. The Morgan fingerprint density at radius 1 is 0.776 bits per heavy atom. The van der Waals surface area contributed by atoms with Gasteiger partial charge in [-0.25, -0.2) is 4.48 Å². The summed E-state index contributed by atoms with van der Waals surface area (Å²) in [5, 5.41) is 33.6. The normalized spacial score (nSPS) is 16.6. The zero-order chi connectivity index (χ0) is 40.3. The molecule has 0 saturated carbocycles. The van der Waals surface area contributed by atoms with Crippen molar-refractivity contribution in [2.75, 3.05) is 39.0 Å². The number of hydrogen-bond donors (Lipinski definition) is 2. The molecule has 1 saturated heterocycles. The molecule has 1 amide bonds. The van der Waals surface area contributed by atoms with Crippen molar-refractivity contribution in [1.82, 2.24) is 4.48 Å². The number of carbonyl (C=O) groups excluding carboxylic acids is 1. The standard InChI is InChI=1S/C48H49N7O2.CH4/c1-8-54(6,9-2)45-31-55(45,7)42-23-20-39(21-24-42)50-51-41-19-18-36(32(3)29-41)17-15-35-16-26-44(33(4)27-35)52-53-46-34(5)28-38-30-40(22-25-43(38)47(46)56)49-48(57)37-13-11-10-12-14-37;/h10-30,45H,8-9,31H2,1-7H3;1H4/p+2. The molecular weight excluding hydrogens is 719 g/mol. The van der Waals surface area contributed by atoms with Crippen LogP contribution in [0, 0.1) is 20.8 Å². The third-order valence-electron chi connectivity index (χ3n) is 11.7. The molecule has 2 N–H and O–H groups in total. The number of amides is 1. The number of phenols is 1. The molecule has 6 aromatic rings. The summed E-state index contributed by atoms with van der Waals surface area (Å²) in [5.41, 5.74) is 10.3. The van der Waals surface area contributed by atoms with Crippen LogP contribution in [-0.2, 0) is 0 Å². The first-order chi connectivity index (χ1) is 27.4. The van der Waals surface area contributed by atoms with Crippen LogP contribution in [0.1, 0.15) is 59.4 Å². The number of azo groups is 2. The smallest absolute Gasteiger partial charge is 0.271 e. The number of nitrogens with zero attached hydrogens (tertiary/aromatic N) is 6.